The van der Waals surface area contributed by atoms with Gasteiger partial charge >= 0.3 is 18.5 Å². The molecule has 1 fully saturated rings. The van der Waals surface area contributed by atoms with E-state index in [1.54, 1.807) is 0 Å². The van der Waals surface area contributed by atoms with E-state index in [0.717, 1.165) is 38.2 Å². The number of nitrogens with one attached hydrogen (secondary N) is 1. The van der Waals surface area contributed by atoms with Crippen molar-refractivity contribution in [2.24, 2.45) is 0 Å². The number of amides is 2. The highest BCUT2D eigenvalue weighted by Gasteiger charge is 2.54. The Morgan fingerprint density at radius 2 is 1.71 bits per heavy atom. The molecule has 1 aliphatic rings. The van der Waals surface area contributed by atoms with Gasteiger partial charge in [0.2, 0.25) is 5.91 Å². The van der Waals surface area contributed by atoms with Gasteiger partial charge in [-0.2, -0.15) is 39.5 Å². The van der Waals surface area contributed by atoms with E-state index in [4.69, 9.17) is 11.6 Å². The van der Waals surface area contributed by atoms with Gasteiger partial charge in [-0.05, 0) is 65.5 Å². The third-order valence-corrected chi connectivity index (χ3v) is 7.25. The monoisotopic (exact) mass is 698 g/mol. The first-order valence-corrected chi connectivity index (χ1v) is 12.9. The Kier molecular flexibility index (Phi) is 10.8. The summed E-state index contributed by atoms with van der Waals surface area (Å²) in [6.45, 7) is 2.39. The Bertz CT molecular complexity index is 1330. The number of likely N-dealkylation sites (N-methyl/N-ethyl adjacent to an activating group) is 1. The van der Waals surface area contributed by atoms with E-state index >= 15 is 4.39 Å². The zero-order valence-corrected chi connectivity index (χ0v) is 24.0. The molecule has 2 rings (SSSR count). The molecule has 232 valence electrons. The lowest BCUT2D eigenvalue weighted by molar-refractivity contribution is -0.160. The molecule has 0 heterocycles. The van der Waals surface area contributed by atoms with Crippen LogP contribution in [0.1, 0.15) is 31.2 Å². The van der Waals surface area contributed by atoms with Crippen LogP contribution in [0, 0.1) is 0 Å². The summed E-state index contributed by atoms with van der Waals surface area (Å²) in [6, 6.07) is 3.02. The second kappa shape index (κ2) is 12.8. The molecular formula is C26H22BrClF10N2O2. The molecule has 1 aliphatic carbocycles. The molecule has 16 heteroatoms. The predicted octanol–water partition coefficient (Wildman–Crippen LogP) is 8.26. The number of carbonyl (C=O) groups is 2. The summed E-state index contributed by atoms with van der Waals surface area (Å²) in [7, 11) is 0.794. The van der Waals surface area contributed by atoms with Crippen molar-refractivity contribution in [2.45, 2.75) is 49.8 Å². The molecule has 4 nitrogen and oxygen atoms in total. The molecule has 42 heavy (non-hydrogen) atoms. The lowest BCUT2D eigenvalue weighted by Crippen LogP contribution is -2.51. The van der Waals surface area contributed by atoms with Crippen molar-refractivity contribution in [1.29, 1.82) is 0 Å². The van der Waals surface area contributed by atoms with Crippen molar-refractivity contribution in [3.8, 4) is 0 Å². The van der Waals surface area contributed by atoms with Crippen LogP contribution in [-0.4, -0.2) is 54.4 Å². The Morgan fingerprint density at radius 1 is 1.14 bits per heavy atom. The van der Waals surface area contributed by atoms with Gasteiger partial charge in [-0.1, -0.05) is 30.3 Å². The van der Waals surface area contributed by atoms with Crippen molar-refractivity contribution in [3.63, 3.8) is 0 Å². The van der Waals surface area contributed by atoms with Gasteiger partial charge < -0.3 is 10.2 Å². The molecule has 1 saturated carbocycles. The van der Waals surface area contributed by atoms with E-state index in [9.17, 15) is 49.1 Å². The minimum Gasteiger partial charge on any atom is -0.338 e. The van der Waals surface area contributed by atoms with Gasteiger partial charge in [0.1, 0.15) is 23.8 Å². The Labute approximate surface area is 246 Å². The quantitative estimate of drug-likeness (QED) is 0.160. The molecular weight excluding hydrogens is 678 g/mol. The van der Waals surface area contributed by atoms with Crippen molar-refractivity contribution in [1.82, 2.24) is 10.2 Å². The second-order valence-electron chi connectivity index (χ2n) is 9.30. The summed E-state index contributed by atoms with van der Waals surface area (Å²) in [6.07, 6.45) is -14.7. The van der Waals surface area contributed by atoms with Crippen molar-refractivity contribution >= 4 is 39.3 Å². The topological polar surface area (TPSA) is 49.4 Å². The lowest BCUT2D eigenvalue weighted by Gasteiger charge is -2.26. The van der Waals surface area contributed by atoms with E-state index in [-0.39, 0.29) is 39.4 Å². The normalized spacial score (nSPS) is 17.0. The number of hydrogen-bond acceptors (Lipinski definition) is 2. The van der Waals surface area contributed by atoms with E-state index in [1.807, 2.05) is 5.32 Å². The van der Waals surface area contributed by atoms with Crippen LogP contribution in [0.2, 0.25) is 5.02 Å². The molecule has 0 aromatic heterocycles. The number of carbonyl (C=O) groups excluding carboxylic acids is 2. The summed E-state index contributed by atoms with van der Waals surface area (Å²) in [5.74, 6) is -7.12. The summed E-state index contributed by atoms with van der Waals surface area (Å²) < 4.78 is 136. The fourth-order valence-electron chi connectivity index (χ4n) is 3.75. The molecule has 0 aliphatic heterocycles. The maximum atomic E-state index is 15.1. The molecule has 1 atom stereocenters. The first kappa shape index (κ1) is 35.4. The summed E-state index contributed by atoms with van der Waals surface area (Å²) in [5, 5.41) is 2.01. The third kappa shape index (κ3) is 9.09. The number of alkyl halides is 9. The Balaban J connectivity index is 2.42. The van der Waals surface area contributed by atoms with Crippen LogP contribution in [0.5, 0.6) is 0 Å². The van der Waals surface area contributed by atoms with Crippen molar-refractivity contribution < 1.29 is 53.5 Å². The van der Waals surface area contributed by atoms with Gasteiger partial charge in [0.05, 0.1) is 10.6 Å². The summed E-state index contributed by atoms with van der Waals surface area (Å²) in [5.41, 5.74) is -6.58. The summed E-state index contributed by atoms with van der Waals surface area (Å²) in [4.78, 5) is 25.4. The molecule has 0 spiro atoms. The molecule has 1 aromatic rings. The van der Waals surface area contributed by atoms with Crippen LogP contribution in [0.4, 0.5) is 43.9 Å². The van der Waals surface area contributed by atoms with Crippen LogP contribution < -0.4 is 5.32 Å². The molecule has 1 unspecified atom stereocenters. The second-order valence-corrected chi connectivity index (χ2v) is 10.6. The first-order valence-electron chi connectivity index (χ1n) is 11.7. The SMILES string of the molecule is C=C(C(=O)NC1(C(=O)N(C)CC(F)(F)F)CC1)\C(=C/C(=C\C)C(/F)=C/C(c1ccc(Cl)c(Br)c1)C(F)(F)F)C(F)(F)F. The highest BCUT2D eigenvalue weighted by Crippen LogP contribution is 2.42. The van der Waals surface area contributed by atoms with E-state index < -0.39 is 76.5 Å². The van der Waals surface area contributed by atoms with Crippen molar-refractivity contribution in [3.05, 3.63) is 80.6 Å². The number of benzene rings is 1. The Hall–Kier alpha value is -2.81. The standard InChI is InChI=1S/C26H22BrClF10N2O2/c1-4-14(20(29)11-17(26(36,37)38)15-5-6-19(28)18(27)10-15)9-16(25(33,34)35)13(2)21(41)39-23(7-8-23)22(42)40(3)12-24(30,31)32/h4-6,9-11,17H,2,7-8,12H2,1,3H3,(H,39,41)/b14-4+,16-9+,20-11-. The number of allylic oxidation sites excluding steroid dienone is 5. The van der Waals surface area contributed by atoms with Crippen LogP contribution in [0.15, 0.2) is 70.0 Å². The smallest absolute Gasteiger partial charge is 0.338 e. The maximum absolute atomic E-state index is 15.1. The fourth-order valence-corrected chi connectivity index (χ4v) is 4.27. The highest BCUT2D eigenvalue weighted by molar-refractivity contribution is 9.10. The maximum Gasteiger partial charge on any atom is 0.417 e. The molecule has 0 bridgehead atoms. The lowest BCUT2D eigenvalue weighted by atomic mass is 9.95. The molecule has 0 saturated heterocycles. The minimum absolute atomic E-state index is 0.0483. The predicted molar refractivity (Wildman–Crippen MR) is 138 cm³/mol. The zero-order valence-electron chi connectivity index (χ0n) is 21.7. The average Bonchev–Trinajstić information content (AvgIpc) is 3.61. The van der Waals surface area contributed by atoms with Gasteiger partial charge in [0.25, 0.3) is 5.91 Å². The largest absolute Gasteiger partial charge is 0.417 e. The van der Waals surface area contributed by atoms with Crippen LogP contribution in [0.25, 0.3) is 0 Å². The van der Waals surface area contributed by atoms with E-state index in [2.05, 4.69) is 22.5 Å². The highest BCUT2D eigenvalue weighted by atomic mass is 79.9. The zero-order chi connectivity index (χ0) is 32.4. The van der Waals surface area contributed by atoms with Crippen LogP contribution in [0.3, 0.4) is 0 Å². The van der Waals surface area contributed by atoms with Gasteiger partial charge in [-0.15, -0.1) is 0 Å². The van der Waals surface area contributed by atoms with E-state index in [0.29, 0.717) is 0 Å². The van der Waals surface area contributed by atoms with Crippen molar-refractivity contribution in [2.75, 3.05) is 13.6 Å². The summed E-state index contributed by atoms with van der Waals surface area (Å²) >= 11 is 8.73. The first-order chi connectivity index (χ1) is 19.0. The van der Waals surface area contributed by atoms with Gasteiger partial charge in [-0.25, -0.2) is 4.39 Å². The van der Waals surface area contributed by atoms with Gasteiger partial charge in [-0.3, -0.25) is 9.59 Å². The van der Waals surface area contributed by atoms with E-state index in [1.165, 1.54) is 0 Å². The molecule has 2 amide bonds. The van der Waals surface area contributed by atoms with Gasteiger partial charge in [0, 0.05) is 22.7 Å². The molecule has 1 aromatic carbocycles. The number of halogens is 12. The number of nitrogens with zero attached hydrogens (tertiary/aromatic N) is 1. The number of rotatable bonds is 9. The average molecular weight is 700 g/mol. The third-order valence-electron chi connectivity index (χ3n) is 6.03. The van der Waals surface area contributed by atoms with Gasteiger partial charge in [0.15, 0.2) is 0 Å². The molecule has 0 radical (unpaired) electrons. The Morgan fingerprint density at radius 3 is 2.14 bits per heavy atom. The molecule has 1 N–H and O–H groups in total. The van der Waals surface area contributed by atoms with Crippen LogP contribution in [-0.2, 0) is 9.59 Å². The minimum atomic E-state index is -5.39. The van der Waals surface area contributed by atoms with Crippen LogP contribution >= 0.6 is 27.5 Å². The fraction of sp³-hybridized carbons (Fsp3) is 0.385. The number of hydrogen-bond donors (Lipinski definition) is 1.